The molecule has 0 aromatic heterocycles. The molecule has 0 bridgehead atoms. The van der Waals surface area contributed by atoms with Crippen LogP contribution in [0.2, 0.25) is 0 Å². The highest BCUT2D eigenvalue weighted by Crippen LogP contribution is 2.31. The van der Waals surface area contributed by atoms with Crippen LogP contribution in [0.5, 0.6) is 11.5 Å². The van der Waals surface area contributed by atoms with Crippen LogP contribution in [0.15, 0.2) is 48.2 Å². The third-order valence-corrected chi connectivity index (χ3v) is 4.23. The molecule has 2 aromatic carbocycles. The van der Waals surface area contributed by atoms with Gasteiger partial charge in [0.25, 0.3) is 5.91 Å². The van der Waals surface area contributed by atoms with Crippen LogP contribution in [-0.4, -0.2) is 41.0 Å². The van der Waals surface area contributed by atoms with Crippen molar-refractivity contribution in [2.45, 2.75) is 13.8 Å². The van der Waals surface area contributed by atoms with E-state index in [1.54, 1.807) is 37.3 Å². The van der Waals surface area contributed by atoms with E-state index in [-0.39, 0.29) is 17.2 Å². The number of rotatable bonds is 6. The normalized spacial score (nSPS) is 14.8. The van der Waals surface area contributed by atoms with Gasteiger partial charge in [-0.1, -0.05) is 29.8 Å². The van der Waals surface area contributed by atoms with Crippen LogP contribution < -0.4 is 15.4 Å². The molecule has 3 rings (SSSR count). The second-order valence-electron chi connectivity index (χ2n) is 6.42. The predicted molar refractivity (Wildman–Crippen MR) is 107 cm³/mol. The van der Waals surface area contributed by atoms with Crippen LogP contribution in [0.4, 0.5) is 10.5 Å². The number of urea groups is 1. The van der Waals surface area contributed by atoms with E-state index in [0.717, 1.165) is 10.5 Å². The first kappa shape index (κ1) is 19.9. The van der Waals surface area contributed by atoms with Crippen LogP contribution in [0, 0.1) is 6.92 Å². The van der Waals surface area contributed by atoms with Gasteiger partial charge in [0.15, 0.2) is 11.5 Å². The minimum absolute atomic E-state index is 0.0397. The number of nitrogens with one attached hydrogen (secondary N) is 2. The van der Waals surface area contributed by atoms with Crippen molar-refractivity contribution in [3.05, 3.63) is 59.3 Å². The molecule has 0 saturated carbocycles. The SMILES string of the molecule is CCOc1cccc(/C=C2/NC(=O)N(CC(=O)Nc3ccc(C)cc3)C2=O)c1O. The molecule has 4 amide bonds. The fourth-order valence-corrected chi connectivity index (χ4v) is 2.78. The van der Waals surface area contributed by atoms with E-state index in [1.165, 1.54) is 6.08 Å². The summed E-state index contributed by atoms with van der Waals surface area (Å²) in [5.41, 5.74) is 1.89. The number of benzene rings is 2. The van der Waals surface area contributed by atoms with Crippen molar-refractivity contribution >= 4 is 29.6 Å². The molecular formula is C21H21N3O5. The average Bonchev–Trinajstić information content (AvgIpc) is 2.94. The predicted octanol–water partition coefficient (Wildman–Crippen LogP) is 2.63. The Labute approximate surface area is 167 Å². The molecule has 8 nitrogen and oxygen atoms in total. The number of ether oxygens (including phenoxy) is 1. The molecule has 0 aliphatic carbocycles. The summed E-state index contributed by atoms with van der Waals surface area (Å²) in [5, 5.41) is 15.3. The minimum Gasteiger partial charge on any atom is -0.504 e. The molecule has 3 N–H and O–H groups in total. The Morgan fingerprint density at radius 1 is 1.21 bits per heavy atom. The monoisotopic (exact) mass is 395 g/mol. The van der Waals surface area contributed by atoms with E-state index < -0.39 is 24.4 Å². The van der Waals surface area contributed by atoms with Crippen molar-refractivity contribution < 1.29 is 24.2 Å². The zero-order chi connectivity index (χ0) is 21.0. The van der Waals surface area contributed by atoms with Crippen LogP contribution in [0.25, 0.3) is 6.08 Å². The van der Waals surface area contributed by atoms with Gasteiger partial charge in [0.1, 0.15) is 12.2 Å². The molecule has 1 saturated heterocycles. The Morgan fingerprint density at radius 2 is 1.93 bits per heavy atom. The number of nitrogens with zero attached hydrogens (tertiary/aromatic N) is 1. The molecule has 1 aliphatic rings. The molecule has 1 fully saturated rings. The van der Waals surface area contributed by atoms with Crippen molar-refractivity contribution in [2.24, 2.45) is 0 Å². The zero-order valence-electron chi connectivity index (χ0n) is 16.1. The van der Waals surface area contributed by atoms with Crippen molar-refractivity contribution in [1.82, 2.24) is 10.2 Å². The van der Waals surface area contributed by atoms with Gasteiger partial charge in [-0.05, 0) is 38.1 Å². The lowest BCUT2D eigenvalue weighted by Crippen LogP contribution is -2.38. The molecule has 150 valence electrons. The van der Waals surface area contributed by atoms with Crippen molar-refractivity contribution in [2.75, 3.05) is 18.5 Å². The number of aryl methyl sites for hydroxylation is 1. The largest absolute Gasteiger partial charge is 0.504 e. The standard InChI is InChI=1S/C21H21N3O5/c1-3-29-17-6-4-5-14(19(17)26)11-16-20(27)24(21(28)23-16)12-18(25)22-15-9-7-13(2)8-10-15/h4-11,26H,3,12H2,1-2H3,(H,22,25)(H,23,28)/b16-11+. The fourth-order valence-electron chi connectivity index (χ4n) is 2.78. The summed E-state index contributed by atoms with van der Waals surface area (Å²) >= 11 is 0. The maximum absolute atomic E-state index is 12.6. The van der Waals surface area contributed by atoms with Crippen molar-refractivity contribution in [3.63, 3.8) is 0 Å². The zero-order valence-corrected chi connectivity index (χ0v) is 16.1. The number of amides is 4. The van der Waals surface area contributed by atoms with E-state index in [4.69, 9.17) is 4.74 Å². The van der Waals surface area contributed by atoms with Gasteiger partial charge >= 0.3 is 6.03 Å². The fraction of sp³-hybridized carbons (Fsp3) is 0.190. The highest BCUT2D eigenvalue weighted by Gasteiger charge is 2.35. The molecule has 8 heteroatoms. The first-order valence-electron chi connectivity index (χ1n) is 9.05. The number of aromatic hydroxyl groups is 1. The van der Waals surface area contributed by atoms with Crippen molar-refractivity contribution in [1.29, 1.82) is 0 Å². The van der Waals surface area contributed by atoms with Crippen LogP contribution in [0.1, 0.15) is 18.1 Å². The number of carbonyl (C=O) groups excluding carboxylic acids is 3. The summed E-state index contributed by atoms with van der Waals surface area (Å²) in [5.74, 6) is -1.03. The summed E-state index contributed by atoms with van der Waals surface area (Å²) in [4.78, 5) is 37.7. The van der Waals surface area contributed by atoms with Gasteiger partial charge in [-0.2, -0.15) is 0 Å². The Kier molecular flexibility index (Phi) is 5.82. The summed E-state index contributed by atoms with van der Waals surface area (Å²) in [6.07, 6.45) is 1.34. The minimum atomic E-state index is -0.708. The third-order valence-electron chi connectivity index (χ3n) is 4.23. The van der Waals surface area contributed by atoms with Crippen LogP contribution in [0.3, 0.4) is 0 Å². The summed E-state index contributed by atoms with van der Waals surface area (Å²) < 4.78 is 5.31. The molecule has 1 heterocycles. The highest BCUT2D eigenvalue weighted by molar-refractivity contribution is 6.16. The van der Waals surface area contributed by atoms with Crippen LogP contribution in [-0.2, 0) is 9.59 Å². The van der Waals surface area contributed by atoms with E-state index in [2.05, 4.69) is 10.6 Å². The number of anilines is 1. The molecular weight excluding hydrogens is 374 g/mol. The number of hydrogen-bond acceptors (Lipinski definition) is 5. The Hall–Kier alpha value is -3.81. The lowest BCUT2D eigenvalue weighted by Gasteiger charge is -2.12. The first-order chi connectivity index (χ1) is 13.9. The van der Waals surface area contributed by atoms with Gasteiger partial charge in [0, 0.05) is 11.3 Å². The molecule has 0 atom stereocenters. The number of phenols is 1. The van der Waals surface area contributed by atoms with Gasteiger partial charge in [0.05, 0.1) is 6.61 Å². The molecule has 2 aromatic rings. The highest BCUT2D eigenvalue weighted by atomic mass is 16.5. The third kappa shape index (κ3) is 4.55. The van der Waals surface area contributed by atoms with Crippen LogP contribution >= 0.6 is 0 Å². The molecule has 1 aliphatic heterocycles. The van der Waals surface area contributed by atoms with Crippen molar-refractivity contribution in [3.8, 4) is 11.5 Å². The Bertz CT molecular complexity index is 982. The second kappa shape index (κ2) is 8.47. The quantitative estimate of drug-likeness (QED) is 0.515. The van der Waals surface area contributed by atoms with Gasteiger partial charge in [-0.25, -0.2) is 9.69 Å². The van der Waals surface area contributed by atoms with Gasteiger partial charge < -0.3 is 20.5 Å². The van der Waals surface area contributed by atoms with E-state index in [0.29, 0.717) is 17.9 Å². The summed E-state index contributed by atoms with van der Waals surface area (Å²) in [7, 11) is 0. The lowest BCUT2D eigenvalue weighted by molar-refractivity contribution is -0.127. The number of para-hydroxylation sites is 1. The lowest BCUT2D eigenvalue weighted by atomic mass is 10.1. The smallest absolute Gasteiger partial charge is 0.329 e. The van der Waals surface area contributed by atoms with E-state index >= 15 is 0 Å². The van der Waals surface area contributed by atoms with Gasteiger partial charge in [-0.3, -0.25) is 9.59 Å². The first-order valence-corrected chi connectivity index (χ1v) is 9.05. The Morgan fingerprint density at radius 3 is 2.62 bits per heavy atom. The number of carbonyl (C=O) groups is 3. The van der Waals surface area contributed by atoms with E-state index in [1.807, 2.05) is 19.1 Å². The van der Waals surface area contributed by atoms with Gasteiger partial charge in [-0.15, -0.1) is 0 Å². The molecule has 0 unspecified atom stereocenters. The number of phenolic OH excluding ortho intramolecular Hbond substituents is 1. The molecule has 0 radical (unpaired) electrons. The van der Waals surface area contributed by atoms with E-state index in [9.17, 15) is 19.5 Å². The molecule has 0 spiro atoms. The summed E-state index contributed by atoms with van der Waals surface area (Å²) in [6, 6.07) is 11.3. The second-order valence-corrected chi connectivity index (χ2v) is 6.42. The topological polar surface area (TPSA) is 108 Å². The number of hydrogen-bond donors (Lipinski definition) is 3. The number of imide groups is 1. The average molecular weight is 395 g/mol. The Balaban J connectivity index is 1.72. The van der Waals surface area contributed by atoms with Gasteiger partial charge in [0.2, 0.25) is 5.91 Å². The maximum atomic E-state index is 12.6. The molecule has 29 heavy (non-hydrogen) atoms. The maximum Gasteiger partial charge on any atom is 0.329 e. The summed E-state index contributed by atoms with van der Waals surface area (Å²) in [6.45, 7) is 3.65.